The van der Waals surface area contributed by atoms with Crippen LogP contribution in [-0.2, 0) is 16.4 Å². The number of sulfonamides is 1. The van der Waals surface area contributed by atoms with Gasteiger partial charge in [0.15, 0.2) is 12.0 Å². The van der Waals surface area contributed by atoms with Gasteiger partial charge in [0.25, 0.3) is 0 Å². The predicted octanol–water partition coefficient (Wildman–Crippen LogP) is 2.55. The second-order valence-corrected chi connectivity index (χ2v) is 9.86. The van der Waals surface area contributed by atoms with Crippen molar-refractivity contribution in [1.82, 2.24) is 19.9 Å². The molecule has 3 rings (SSSR count). The van der Waals surface area contributed by atoms with Crippen LogP contribution in [0.3, 0.4) is 0 Å². The van der Waals surface area contributed by atoms with Gasteiger partial charge in [0.2, 0.25) is 21.9 Å². The third-order valence-electron chi connectivity index (χ3n) is 4.68. The summed E-state index contributed by atoms with van der Waals surface area (Å²) in [6.45, 7) is 6.03. The highest BCUT2D eigenvalue weighted by atomic mass is 32.2. The minimum Gasteiger partial charge on any atom is -0.443 e. The average Bonchev–Trinajstić information content (AvgIpc) is 3.13. The summed E-state index contributed by atoms with van der Waals surface area (Å²) in [6, 6.07) is 5.51. The summed E-state index contributed by atoms with van der Waals surface area (Å²) in [6.07, 6.45) is 3.60. The number of aliphatic hydroxyl groups excluding tert-OH is 1. The molecule has 10 nitrogen and oxygen atoms in total. The molecule has 3 aromatic rings. The number of aliphatic hydroxyl groups is 1. The molecule has 1 unspecified atom stereocenters. The molecular formula is C20H28N6O4S. The third kappa shape index (κ3) is 6.59. The SMILES string of the molecule is CC(C)C[C@H](CO)Nc1nc(CC(C)c2ccc3ocnc3c2)nc(NS(C)(=O)=O)n1. The topological polar surface area (TPSA) is 143 Å². The van der Waals surface area contributed by atoms with E-state index < -0.39 is 10.0 Å². The van der Waals surface area contributed by atoms with Crippen molar-refractivity contribution in [3.05, 3.63) is 36.0 Å². The highest BCUT2D eigenvalue weighted by molar-refractivity contribution is 7.91. The van der Waals surface area contributed by atoms with Gasteiger partial charge in [-0.3, -0.25) is 4.72 Å². The molecule has 2 heterocycles. The number of rotatable bonds is 10. The molecule has 3 N–H and O–H groups in total. The maximum absolute atomic E-state index is 11.7. The van der Waals surface area contributed by atoms with E-state index in [2.05, 4.69) is 30.0 Å². The van der Waals surface area contributed by atoms with Crippen LogP contribution in [0.2, 0.25) is 0 Å². The summed E-state index contributed by atoms with van der Waals surface area (Å²) in [5, 5.41) is 12.8. The summed E-state index contributed by atoms with van der Waals surface area (Å²) in [7, 11) is -3.56. The molecule has 168 valence electrons. The van der Waals surface area contributed by atoms with Crippen LogP contribution in [0.4, 0.5) is 11.9 Å². The van der Waals surface area contributed by atoms with Crippen LogP contribution in [0.1, 0.15) is 44.5 Å². The number of benzene rings is 1. The number of oxazole rings is 1. The van der Waals surface area contributed by atoms with Crippen LogP contribution in [0.25, 0.3) is 11.1 Å². The molecule has 0 aliphatic carbocycles. The monoisotopic (exact) mass is 448 g/mol. The Labute approximate surface area is 181 Å². The Hall–Kier alpha value is -2.79. The predicted molar refractivity (Wildman–Crippen MR) is 118 cm³/mol. The molecule has 0 aliphatic heterocycles. The lowest BCUT2D eigenvalue weighted by Gasteiger charge is -2.19. The normalized spacial score (nSPS) is 14.0. The van der Waals surface area contributed by atoms with E-state index in [1.807, 2.05) is 39.0 Å². The van der Waals surface area contributed by atoms with Gasteiger partial charge in [-0.15, -0.1) is 0 Å². The molecule has 2 atom stereocenters. The first-order valence-corrected chi connectivity index (χ1v) is 12.0. The van der Waals surface area contributed by atoms with E-state index in [0.717, 1.165) is 17.3 Å². The highest BCUT2D eigenvalue weighted by Gasteiger charge is 2.17. The molecule has 2 aromatic heterocycles. The van der Waals surface area contributed by atoms with Gasteiger partial charge >= 0.3 is 0 Å². The minimum atomic E-state index is -3.56. The van der Waals surface area contributed by atoms with Gasteiger partial charge in [-0.05, 0) is 36.0 Å². The molecule has 0 radical (unpaired) electrons. The quantitative estimate of drug-likeness (QED) is 0.426. The van der Waals surface area contributed by atoms with Crippen molar-refractivity contribution in [2.24, 2.45) is 5.92 Å². The van der Waals surface area contributed by atoms with Gasteiger partial charge in [-0.1, -0.05) is 26.8 Å². The van der Waals surface area contributed by atoms with Crippen molar-refractivity contribution in [2.45, 2.75) is 45.6 Å². The Morgan fingerprint density at radius 3 is 2.55 bits per heavy atom. The van der Waals surface area contributed by atoms with Crippen LogP contribution in [0, 0.1) is 5.92 Å². The lowest BCUT2D eigenvalue weighted by Crippen LogP contribution is -2.27. The van der Waals surface area contributed by atoms with E-state index in [4.69, 9.17) is 4.42 Å². The highest BCUT2D eigenvalue weighted by Crippen LogP contribution is 2.24. The maximum atomic E-state index is 11.7. The number of hydrogen-bond donors (Lipinski definition) is 3. The average molecular weight is 449 g/mol. The van der Waals surface area contributed by atoms with Gasteiger partial charge < -0.3 is 14.8 Å². The molecule has 0 aliphatic rings. The number of hydrogen-bond acceptors (Lipinski definition) is 9. The van der Waals surface area contributed by atoms with Gasteiger partial charge in [-0.2, -0.15) is 15.0 Å². The fourth-order valence-corrected chi connectivity index (χ4v) is 3.71. The molecule has 0 saturated heterocycles. The Kier molecular flexibility index (Phi) is 7.06. The van der Waals surface area contributed by atoms with E-state index in [-0.39, 0.29) is 30.5 Å². The van der Waals surface area contributed by atoms with Gasteiger partial charge in [0.1, 0.15) is 11.3 Å². The van der Waals surface area contributed by atoms with Crippen molar-refractivity contribution >= 4 is 33.0 Å². The smallest absolute Gasteiger partial charge is 0.241 e. The molecule has 1 aromatic carbocycles. The Morgan fingerprint density at radius 2 is 1.87 bits per heavy atom. The van der Waals surface area contributed by atoms with Crippen LogP contribution < -0.4 is 10.0 Å². The first-order valence-electron chi connectivity index (χ1n) is 10.1. The lowest BCUT2D eigenvalue weighted by atomic mass is 9.97. The zero-order valence-corrected chi connectivity index (χ0v) is 18.8. The molecule has 0 saturated carbocycles. The molecule has 0 bridgehead atoms. The molecule has 31 heavy (non-hydrogen) atoms. The van der Waals surface area contributed by atoms with Gasteiger partial charge in [-0.25, -0.2) is 13.4 Å². The van der Waals surface area contributed by atoms with Crippen LogP contribution in [0.5, 0.6) is 0 Å². The number of anilines is 2. The second kappa shape index (κ2) is 9.56. The van der Waals surface area contributed by atoms with E-state index in [1.165, 1.54) is 6.39 Å². The maximum Gasteiger partial charge on any atom is 0.241 e. The lowest BCUT2D eigenvalue weighted by molar-refractivity contribution is 0.259. The van der Waals surface area contributed by atoms with E-state index in [0.29, 0.717) is 30.2 Å². The summed E-state index contributed by atoms with van der Waals surface area (Å²) < 4.78 is 31.0. The summed E-state index contributed by atoms with van der Waals surface area (Å²) in [5.74, 6) is 0.973. The Balaban J connectivity index is 1.86. The molecule has 0 amide bonds. The summed E-state index contributed by atoms with van der Waals surface area (Å²) in [5.41, 5.74) is 2.51. The molecule has 11 heteroatoms. The molecular weight excluding hydrogens is 420 g/mol. The standard InChI is InChI=1S/C20H28N6O4S/c1-12(2)7-15(10-27)22-19-23-18(24-20(25-19)26-31(4,28)29)8-13(3)14-5-6-17-16(9-14)21-11-30-17/h5-6,9,11-13,15,27H,7-8,10H2,1-4H3,(H2,22,23,24,25,26)/t13?,15-/m1/s1. The Bertz CT molecular complexity index is 1130. The largest absolute Gasteiger partial charge is 0.443 e. The van der Waals surface area contributed by atoms with Crippen molar-refractivity contribution in [2.75, 3.05) is 22.9 Å². The van der Waals surface area contributed by atoms with Crippen LogP contribution in [-0.4, -0.2) is 52.4 Å². The Morgan fingerprint density at radius 1 is 1.13 bits per heavy atom. The van der Waals surface area contributed by atoms with Gasteiger partial charge in [0, 0.05) is 6.42 Å². The zero-order chi connectivity index (χ0) is 22.6. The molecule has 0 spiro atoms. The van der Waals surface area contributed by atoms with E-state index in [1.54, 1.807) is 0 Å². The first kappa shape index (κ1) is 22.9. The first-order chi connectivity index (χ1) is 14.6. The van der Waals surface area contributed by atoms with Crippen molar-refractivity contribution in [3.63, 3.8) is 0 Å². The van der Waals surface area contributed by atoms with Crippen molar-refractivity contribution < 1.29 is 17.9 Å². The fourth-order valence-electron chi connectivity index (χ4n) is 3.29. The second-order valence-electron chi connectivity index (χ2n) is 8.11. The minimum absolute atomic E-state index is 0.0340. The number of nitrogens with zero attached hydrogens (tertiary/aromatic N) is 4. The van der Waals surface area contributed by atoms with Crippen molar-refractivity contribution in [3.8, 4) is 0 Å². The zero-order valence-electron chi connectivity index (χ0n) is 18.0. The number of fused-ring (bicyclic) bond motifs is 1. The van der Waals surface area contributed by atoms with Crippen LogP contribution >= 0.6 is 0 Å². The summed E-state index contributed by atoms with van der Waals surface area (Å²) >= 11 is 0. The van der Waals surface area contributed by atoms with Crippen LogP contribution in [0.15, 0.2) is 29.0 Å². The fraction of sp³-hybridized carbons (Fsp3) is 0.500. The van der Waals surface area contributed by atoms with Gasteiger partial charge in [0.05, 0.1) is 18.9 Å². The molecule has 0 fully saturated rings. The number of aromatic nitrogens is 4. The van der Waals surface area contributed by atoms with Crippen molar-refractivity contribution in [1.29, 1.82) is 0 Å². The number of nitrogens with one attached hydrogen (secondary N) is 2. The van der Waals surface area contributed by atoms with E-state index >= 15 is 0 Å². The van der Waals surface area contributed by atoms with E-state index in [9.17, 15) is 13.5 Å². The summed E-state index contributed by atoms with van der Waals surface area (Å²) in [4.78, 5) is 17.1. The third-order valence-corrected chi connectivity index (χ3v) is 5.23.